The van der Waals surface area contributed by atoms with Crippen LogP contribution >= 0.6 is 0 Å². The predicted molar refractivity (Wildman–Crippen MR) is 91.5 cm³/mol. The molecule has 0 spiro atoms. The molecule has 0 amide bonds. The molecular formula is C20H28. The van der Waals surface area contributed by atoms with E-state index in [1.807, 2.05) is 27.7 Å². The summed E-state index contributed by atoms with van der Waals surface area (Å²) in [6.07, 6.45) is 1.10. The minimum absolute atomic E-state index is 0.619. The molecule has 0 bridgehead atoms. The standard InChI is InChI=1S/C16H16.2C2H6/c1-11(2)12-7-8-16-14(9-12)10-13-5-3-4-6-15(13)16;2*1-2/h3-9,11H,10H2,1-2H3;2*1-2H3. The van der Waals surface area contributed by atoms with E-state index in [1.165, 1.54) is 27.8 Å². The summed E-state index contributed by atoms with van der Waals surface area (Å²) in [5, 5.41) is 0. The molecule has 0 heterocycles. The topological polar surface area (TPSA) is 0 Å². The summed E-state index contributed by atoms with van der Waals surface area (Å²) in [6.45, 7) is 12.5. The molecule has 0 nitrogen and oxygen atoms in total. The number of fused-ring (bicyclic) bond motifs is 3. The molecule has 1 aliphatic carbocycles. The van der Waals surface area contributed by atoms with Crippen LogP contribution in [0.1, 0.15) is 64.2 Å². The Morgan fingerprint density at radius 2 is 1.35 bits per heavy atom. The lowest BCUT2D eigenvalue weighted by Crippen LogP contribution is -1.89. The second kappa shape index (κ2) is 7.89. The van der Waals surface area contributed by atoms with Crippen molar-refractivity contribution in [2.75, 3.05) is 0 Å². The van der Waals surface area contributed by atoms with Gasteiger partial charge in [0.2, 0.25) is 0 Å². The van der Waals surface area contributed by atoms with Crippen molar-refractivity contribution < 1.29 is 0 Å². The molecule has 2 aromatic carbocycles. The van der Waals surface area contributed by atoms with Crippen LogP contribution in [-0.2, 0) is 6.42 Å². The van der Waals surface area contributed by atoms with E-state index in [0.717, 1.165) is 6.42 Å². The minimum Gasteiger partial charge on any atom is -0.0683 e. The summed E-state index contributed by atoms with van der Waals surface area (Å²) >= 11 is 0. The van der Waals surface area contributed by atoms with Gasteiger partial charge >= 0.3 is 0 Å². The van der Waals surface area contributed by atoms with E-state index in [9.17, 15) is 0 Å². The first-order valence-corrected chi connectivity index (χ1v) is 7.97. The zero-order valence-corrected chi connectivity index (χ0v) is 13.8. The summed E-state index contributed by atoms with van der Waals surface area (Å²) in [5.74, 6) is 0.619. The quantitative estimate of drug-likeness (QED) is 0.477. The van der Waals surface area contributed by atoms with Crippen molar-refractivity contribution in [3.63, 3.8) is 0 Å². The van der Waals surface area contributed by atoms with Gasteiger partial charge in [-0.1, -0.05) is 84.0 Å². The lowest BCUT2D eigenvalue weighted by Gasteiger charge is -2.07. The zero-order valence-electron chi connectivity index (χ0n) is 13.8. The molecule has 0 unspecified atom stereocenters. The average Bonchev–Trinajstić information content (AvgIpc) is 2.89. The maximum atomic E-state index is 2.38. The van der Waals surface area contributed by atoms with Gasteiger partial charge in [0.05, 0.1) is 0 Å². The number of hydrogen-bond acceptors (Lipinski definition) is 0. The van der Waals surface area contributed by atoms with Crippen molar-refractivity contribution in [3.05, 3.63) is 59.2 Å². The van der Waals surface area contributed by atoms with E-state index in [4.69, 9.17) is 0 Å². The molecule has 3 rings (SSSR count). The molecule has 2 aromatic rings. The number of benzene rings is 2. The van der Waals surface area contributed by atoms with Gasteiger partial charge in [-0.15, -0.1) is 0 Å². The number of rotatable bonds is 1. The Morgan fingerprint density at radius 1 is 0.750 bits per heavy atom. The summed E-state index contributed by atoms with van der Waals surface area (Å²) in [5.41, 5.74) is 7.27. The van der Waals surface area contributed by atoms with Crippen molar-refractivity contribution in [2.45, 2.75) is 53.9 Å². The minimum atomic E-state index is 0.619. The molecule has 0 radical (unpaired) electrons. The van der Waals surface area contributed by atoms with E-state index in [0.29, 0.717) is 5.92 Å². The molecule has 0 atom stereocenters. The van der Waals surface area contributed by atoms with Crippen molar-refractivity contribution in [2.24, 2.45) is 0 Å². The normalized spacial score (nSPS) is 10.8. The zero-order chi connectivity index (χ0) is 15.1. The Bertz CT molecular complexity index is 535. The van der Waals surface area contributed by atoms with Crippen LogP contribution in [0.2, 0.25) is 0 Å². The summed E-state index contributed by atoms with van der Waals surface area (Å²) in [6, 6.07) is 15.7. The van der Waals surface area contributed by atoms with Gasteiger partial charge in [-0.2, -0.15) is 0 Å². The van der Waals surface area contributed by atoms with Gasteiger partial charge in [-0.3, -0.25) is 0 Å². The number of hydrogen-bond donors (Lipinski definition) is 0. The Kier molecular flexibility index (Phi) is 6.51. The van der Waals surface area contributed by atoms with Gasteiger partial charge < -0.3 is 0 Å². The molecule has 0 fully saturated rings. The molecule has 0 saturated heterocycles. The highest BCUT2D eigenvalue weighted by molar-refractivity contribution is 5.76. The Balaban J connectivity index is 0.000000461. The van der Waals surface area contributed by atoms with Gasteiger partial charge in [0.25, 0.3) is 0 Å². The average molecular weight is 268 g/mol. The van der Waals surface area contributed by atoms with Crippen LogP contribution in [0.25, 0.3) is 11.1 Å². The van der Waals surface area contributed by atoms with Crippen LogP contribution < -0.4 is 0 Å². The van der Waals surface area contributed by atoms with Gasteiger partial charge in [-0.05, 0) is 40.2 Å². The monoisotopic (exact) mass is 268 g/mol. The Hall–Kier alpha value is -1.56. The smallest absolute Gasteiger partial charge is 0.00134 e. The van der Waals surface area contributed by atoms with Gasteiger partial charge in [-0.25, -0.2) is 0 Å². The summed E-state index contributed by atoms with van der Waals surface area (Å²) in [7, 11) is 0. The van der Waals surface area contributed by atoms with Crippen LogP contribution in [0.4, 0.5) is 0 Å². The fourth-order valence-corrected chi connectivity index (χ4v) is 2.52. The van der Waals surface area contributed by atoms with Crippen molar-refractivity contribution in [1.82, 2.24) is 0 Å². The lowest BCUT2D eigenvalue weighted by molar-refractivity contribution is 0.864. The molecule has 0 heteroatoms. The first-order valence-electron chi connectivity index (χ1n) is 7.97. The molecule has 0 N–H and O–H groups in total. The molecule has 0 aliphatic heterocycles. The first-order chi connectivity index (χ1) is 9.75. The molecule has 1 aliphatic rings. The fourth-order valence-electron chi connectivity index (χ4n) is 2.52. The van der Waals surface area contributed by atoms with E-state index in [2.05, 4.69) is 56.3 Å². The van der Waals surface area contributed by atoms with Crippen LogP contribution in [0.15, 0.2) is 42.5 Å². The fraction of sp³-hybridized carbons (Fsp3) is 0.400. The van der Waals surface area contributed by atoms with Gasteiger partial charge in [0.15, 0.2) is 0 Å². The molecule has 20 heavy (non-hydrogen) atoms. The third kappa shape index (κ3) is 3.30. The maximum absolute atomic E-state index is 2.38. The Morgan fingerprint density at radius 3 is 2.00 bits per heavy atom. The van der Waals surface area contributed by atoms with E-state index in [-0.39, 0.29) is 0 Å². The summed E-state index contributed by atoms with van der Waals surface area (Å²) in [4.78, 5) is 0. The highest BCUT2D eigenvalue weighted by atomic mass is 14.2. The maximum Gasteiger partial charge on any atom is -0.00134 e. The van der Waals surface area contributed by atoms with E-state index >= 15 is 0 Å². The largest absolute Gasteiger partial charge is 0.0683 e. The third-order valence-electron chi connectivity index (χ3n) is 3.48. The highest BCUT2D eigenvalue weighted by Gasteiger charge is 2.17. The van der Waals surface area contributed by atoms with Crippen molar-refractivity contribution >= 4 is 0 Å². The first kappa shape index (κ1) is 16.5. The molecule has 108 valence electrons. The third-order valence-corrected chi connectivity index (χ3v) is 3.48. The SMILES string of the molecule is CC.CC.CC(C)c1ccc2c(c1)Cc1ccccc1-2. The molecule has 0 saturated carbocycles. The second-order valence-electron chi connectivity index (χ2n) is 4.91. The van der Waals surface area contributed by atoms with Crippen LogP contribution in [0.5, 0.6) is 0 Å². The highest BCUT2D eigenvalue weighted by Crippen LogP contribution is 2.37. The van der Waals surface area contributed by atoms with Crippen molar-refractivity contribution in [3.8, 4) is 11.1 Å². The summed E-state index contributed by atoms with van der Waals surface area (Å²) < 4.78 is 0. The molecule has 0 aromatic heterocycles. The van der Waals surface area contributed by atoms with Gasteiger partial charge in [0, 0.05) is 0 Å². The second-order valence-corrected chi connectivity index (χ2v) is 4.91. The molecular weight excluding hydrogens is 240 g/mol. The van der Waals surface area contributed by atoms with Crippen LogP contribution in [0.3, 0.4) is 0 Å². The van der Waals surface area contributed by atoms with Crippen LogP contribution in [-0.4, -0.2) is 0 Å². The predicted octanol–water partition coefficient (Wildman–Crippen LogP) is 6.43. The van der Waals surface area contributed by atoms with Gasteiger partial charge in [0.1, 0.15) is 0 Å². The van der Waals surface area contributed by atoms with Crippen molar-refractivity contribution in [1.29, 1.82) is 0 Å². The lowest BCUT2D eigenvalue weighted by atomic mass is 9.97. The van der Waals surface area contributed by atoms with Crippen LogP contribution in [0, 0.1) is 0 Å². The van der Waals surface area contributed by atoms with E-state index in [1.54, 1.807) is 0 Å². The Labute approximate surface area is 124 Å². The van der Waals surface area contributed by atoms with E-state index < -0.39 is 0 Å².